The second-order valence-corrected chi connectivity index (χ2v) is 5.58. The van der Waals surface area contributed by atoms with Crippen LogP contribution in [0.3, 0.4) is 0 Å². The number of halogens is 1. The lowest BCUT2D eigenvalue weighted by molar-refractivity contribution is 0.0607. The highest BCUT2D eigenvalue weighted by atomic mass is 32.1. The number of carbonyl (C=O) groups is 1. The van der Waals surface area contributed by atoms with Crippen LogP contribution in [0, 0.1) is 5.82 Å². The third-order valence-electron chi connectivity index (χ3n) is 2.64. The first-order chi connectivity index (χ1) is 10.0. The summed E-state index contributed by atoms with van der Waals surface area (Å²) in [6.45, 7) is 0. The largest absolute Gasteiger partial charge is 0.465 e. The molecule has 110 valence electrons. The Balaban J connectivity index is 2.44. The van der Waals surface area contributed by atoms with Gasteiger partial charge in [0.05, 0.1) is 19.1 Å². The molecule has 0 saturated carbocycles. The van der Waals surface area contributed by atoms with Gasteiger partial charge in [-0.15, -0.1) is 11.3 Å². The number of hydrogen-bond acceptors (Lipinski definition) is 4. The molecule has 1 aromatic carbocycles. The number of rotatable bonds is 4. The average Bonchev–Trinajstić information content (AvgIpc) is 2.89. The van der Waals surface area contributed by atoms with Gasteiger partial charge in [-0.2, -0.15) is 0 Å². The van der Waals surface area contributed by atoms with E-state index in [4.69, 9.17) is 4.74 Å². The number of methoxy groups -OCH3 is 1. The van der Waals surface area contributed by atoms with E-state index in [1.165, 1.54) is 30.6 Å². The molecule has 0 unspecified atom stereocenters. The minimum absolute atomic E-state index is 0.297. The van der Waals surface area contributed by atoms with Crippen LogP contribution in [0.1, 0.15) is 9.67 Å². The topological polar surface area (TPSA) is 41.9 Å². The SMILES string of the molecule is COC(=O)c1sc(-c2ccc(F)cc2)cc1/N=C/N(C)C. The second kappa shape index (κ2) is 6.49. The number of thiophene rings is 1. The van der Waals surface area contributed by atoms with Crippen LogP contribution >= 0.6 is 11.3 Å². The molecule has 6 heteroatoms. The fourth-order valence-corrected chi connectivity index (χ4v) is 2.68. The van der Waals surface area contributed by atoms with E-state index < -0.39 is 5.97 Å². The molecule has 1 heterocycles. The number of nitrogens with zero attached hydrogens (tertiary/aromatic N) is 2. The standard InChI is InChI=1S/C15H15FN2O2S/c1-18(2)9-17-12-8-13(21-14(12)15(19)20-3)10-4-6-11(16)7-5-10/h4-9H,1-3H3/b17-9+. The molecule has 4 nitrogen and oxygen atoms in total. The first-order valence-electron chi connectivity index (χ1n) is 6.20. The molecule has 1 aromatic heterocycles. The minimum atomic E-state index is -0.431. The number of esters is 1. The van der Waals surface area contributed by atoms with Crippen LogP contribution in [0.15, 0.2) is 35.3 Å². The van der Waals surface area contributed by atoms with Crippen LogP contribution in [-0.4, -0.2) is 38.4 Å². The minimum Gasteiger partial charge on any atom is -0.465 e. The van der Waals surface area contributed by atoms with Gasteiger partial charge in [0.2, 0.25) is 0 Å². The van der Waals surface area contributed by atoms with E-state index in [0.717, 1.165) is 10.4 Å². The number of carbonyl (C=O) groups excluding carboxylic acids is 1. The Labute approximate surface area is 126 Å². The zero-order valence-corrected chi connectivity index (χ0v) is 12.8. The van der Waals surface area contributed by atoms with Crippen molar-refractivity contribution in [1.82, 2.24) is 4.90 Å². The zero-order chi connectivity index (χ0) is 15.4. The lowest BCUT2D eigenvalue weighted by Gasteiger charge is -2.02. The summed E-state index contributed by atoms with van der Waals surface area (Å²) in [4.78, 5) is 19.1. The maximum atomic E-state index is 13.0. The van der Waals surface area contributed by atoms with E-state index in [-0.39, 0.29) is 5.82 Å². The molecular weight excluding hydrogens is 291 g/mol. The summed E-state index contributed by atoms with van der Waals surface area (Å²) in [5.74, 6) is -0.728. The van der Waals surface area contributed by atoms with Crippen LogP contribution in [0.4, 0.5) is 10.1 Å². The van der Waals surface area contributed by atoms with Crippen molar-refractivity contribution in [2.24, 2.45) is 4.99 Å². The lowest BCUT2D eigenvalue weighted by Crippen LogP contribution is -2.07. The monoisotopic (exact) mass is 306 g/mol. The Morgan fingerprint density at radius 3 is 2.57 bits per heavy atom. The van der Waals surface area contributed by atoms with Crippen molar-refractivity contribution in [1.29, 1.82) is 0 Å². The normalized spacial score (nSPS) is 10.9. The second-order valence-electron chi connectivity index (χ2n) is 4.53. The molecule has 0 aliphatic rings. The van der Waals surface area contributed by atoms with Gasteiger partial charge in [0.25, 0.3) is 0 Å². The van der Waals surface area contributed by atoms with Gasteiger partial charge in [-0.05, 0) is 23.8 Å². The van der Waals surface area contributed by atoms with E-state index in [1.54, 1.807) is 29.4 Å². The van der Waals surface area contributed by atoms with Gasteiger partial charge in [-0.1, -0.05) is 12.1 Å². The third-order valence-corrected chi connectivity index (χ3v) is 3.79. The predicted molar refractivity (Wildman–Crippen MR) is 82.9 cm³/mol. The maximum Gasteiger partial charge on any atom is 0.350 e. The Hall–Kier alpha value is -2.21. The maximum absolute atomic E-state index is 13.0. The van der Waals surface area contributed by atoms with Gasteiger partial charge in [-0.3, -0.25) is 0 Å². The van der Waals surface area contributed by atoms with E-state index in [0.29, 0.717) is 10.6 Å². The number of aliphatic imine (C=N–C) groups is 1. The van der Waals surface area contributed by atoms with E-state index >= 15 is 0 Å². The first-order valence-corrected chi connectivity index (χ1v) is 7.01. The number of hydrogen-bond donors (Lipinski definition) is 0. The summed E-state index contributed by atoms with van der Waals surface area (Å²) < 4.78 is 17.8. The third kappa shape index (κ3) is 3.66. The van der Waals surface area contributed by atoms with Gasteiger partial charge in [0, 0.05) is 19.0 Å². The van der Waals surface area contributed by atoms with E-state index in [2.05, 4.69) is 4.99 Å². The van der Waals surface area contributed by atoms with Gasteiger partial charge in [0.15, 0.2) is 0 Å². The highest BCUT2D eigenvalue weighted by Crippen LogP contribution is 2.36. The molecule has 21 heavy (non-hydrogen) atoms. The molecule has 0 aliphatic carbocycles. The van der Waals surface area contributed by atoms with Crippen molar-refractivity contribution in [2.45, 2.75) is 0 Å². The average molecular weight is 306 g/mol. The van der Waals surface area contributed by atoms with Crippen molar-refractivity contribution in [3.8, 4) is 10.4 Å². The van der Waals surface area contributed by atoms with Crippen molar-refractivity contribution in [3.63, 3.8) is 0 Å². The fourth-order valence-electron chi connectivity index (χ4n) is 1.65. The quantitative estimate of drug-likeness (QED) is 0.493. The van der Waals surface area contributed by atoms with E-state index in [1.807, 2.05) is 14.1 Å². The van der Waals surface area contributed by atoms with Crippen molar-refractivity contribution in [3.05, 3.63) is 41.0 Å². The first kappa shape index (κ1) is 15.2. The Bertz CT molecular complexity index is 663. The Morgan fingerprint density at radius 1 is 1.33 bits per heavy atom. The van der Waals surface area contributed by atoms with Gasteiger partial charge < -0.3 is 9.64 Å². The molecule has 0 saturated heterocycles. The molecule has 2 rings (SSSR count). The Kier molecular flexibility index (Phi) is 4.70. The smallest absolute Gasteiger partial charge is 0.350 e. The van der Waals surface area contributed by atoms with Crippen molar-refractivity contribution < 1.29 is 13.9 Å². The molecule has 0 bridgehead atoms. The van der Waals surface area contributed by atoms with Gasteiger partial charge in [0.1, 0.15) is 10.7 Å². The Morgan fingerprint density at radius 2 is 2.00 bits per heavy atom. The van der Waals surface area contributed by atoms with Gasteiger partial charge in [-0.25, -0.2) is 14.2 Å². The summed E-state index contributed by atoms with van der Waals surface area (Å²) in [6.07, 6.45) is 1.61. The number of benzene rings is 1. The highest BCUT2D eigenvalue weighted by molar-refractivity contribution is 7.18. The number of ether oxygens (including phenoxy) is 1. The van der Waals surface area contributed by atoms with Crippen LogP contribution in [-0.2, 0) is 4.74 Å². The van der Waals surface area contributed by atoms with Crippen LogP contribution in [0.2, 0.25) is 0 Å². The highest BCUT2D eigenvalue weighted by Gasteiger charge is 2.17. The summed E-state index contributed by atoms with van der Waals surface area (Å²) in [5.41, 5.74) is 1.37. The zero-order valence-electron chi connectivity index (χ0n) is 12.0. The van der Waals surface area contributed by atoms with Crippen LogP contribution in [0.25, 0.3) is 10.4 Å². The predicted octanol–water partition coefficient (Wildman–Crippen LogP) is 3.56. The van der Waals surface area contributed by atoms with E-state index in [9.17, 15) is 9.18 Å². The van der Waals surface area contributed by atoms with Gasteiger partial charge >= 0.3 is 5.97 Å². The molecule has 2 aromatic rings. The summed E-state index contributed by atoms with van der Waals surface area (Å²) in [5, 5.41) is 0. The summed E-state index contributed by atoms with van der Waals surface area (Å²) in [6, 6.07) is 7.90. The molecule has 0 spiro atoms. The summed E-state index contributed by atoms with van der Waals surface area (Å²) in [7, 11) is 5.02. The molecular formula is C15H15FN2O2S. The summed E-state index contributed by atoms with van der Waals surface area (Å²) >= 11 is 1.27. The molecule has 0 N–H and O–H groups in total. The van der Waals surface area contributed by atoms with Crippen LogP contribution in [0.5, 0.6) is 0 Å². The molecule has 0 fully saturated rings. The van der Waals surface area contributed by atoms with Crippen molar-refractivity contribution >= 4 is 29.3 Å². The molecule has 0 radical (unpaired) electrons. The molecule has 0 atom stereocenters. The molecule has 0 amide bonds. The lowest BCUT2D eigenvalue weighted by atomic mass is 10.2. The fraction of sp³-hybridized carbons (Fsp3) is 0.200. The molecule has 0 aliphatic heterocycles. The van der Waals surface area contributed by atoms with Crippen molar-refractivity contribution in [2.75, 3.05) is 21.2 Å². The van der Waals surface area contributed by atoms with Crippen LogP contribution < -0.4 is 0 Å².